The lowest BCUT2D eigenvalue weighted by atomic mass is 10.1. The number of nitrogens with zero attached hydrogens (tertiary/aromatic N) is 3. The van der Waals surface area contributed by atoms with Gasteiger partial charge in [0.2, 0.25) is 0 Å². The first kappa shape index (κ1) is 19.4. The highest BCUT2D eigenvalue weighted by Crippen LogP contribution is 2.33. The summed E-state index contributed by atoms with van der Waals surface area (Å²) in [6.45, 7) is 4.72. The molecule has 1 heterocycles. The molecule has 1 atom stereocenters. The molecule has 142 valence electrons. The summed E-state index contributed by atoms with van der Waals surface area (Å²) >= 11 is 0. The zero-order valence-electron chi connectivity index (χ0n) is 14.6. The second kappa shape index (κ2) is 7.14. The van der Waals surface area contributed by atoms with Gasteiger partial charge in [0.25, 0.3) is 5.69 Å². The molecular weight excluding hydrogens is 349 g/mol. The van der Waals surface area contributed by atoms with Gasteiger partial charge in [-0.3, -0.25) is 10.1 Å². The average molecular weight is 369 g/mol. The van der Waals surface area contributed by atoms with Gasteiger partial charge in [0, 0.05) is 19.2 Å². The van der Waals surface area contributed by atoms with Gasteiger partial charge in [-0.1, -0.05) is 6.07 Å². The van der Waals surface area contributed by atoms with Crippen molar-refractivity contribution in [2.75, 3.05) is 24.5 Å². The van der Waals surface area contributed by atoms with E-state index in [0.29, 0.717) is 0 Å². The minimum absolute atomic E-state index is 0.0458. The van der Waals surface area contributed by atoms with Gasteiger partial charge < -0.3 is 19.6 Å². The first-order valence-electron chi connectivity index (χ1n) is 7.91. The fourth-order valence-electron chi connectivity index (χ4n) is 2.69. The molecule has 1 aromatic rings. The topological polar surface area (TPSA) is 113 Å². The summed E-state index contributed by atoms with van der Waals surface area (Å²) in [7, 11) is 0. The molecule has 0 aromatic heterocycles. The molecular formula is C16H20FN3O6. The molecule has 1 aromatic carbocycles. The van der Waals surface area contributed by atoms with E-state index in [1.54, 1.807) is 20.8 Å². The lowest BCUT2D eigenvalue weighted by Gasteiger charge is -2.40. The quantitative estimate of drug-likeness (QED) is 0.642. The summed E-state index contributed by atoms with van der Waals surface area (Å²) in [6.07, 6.45) is -0.688. The highest BCUT2D eigenvalue weighted by atomic mass is 19.1. The summed E-state index contributed by atoms with van der Waals surface area (Å²) < 4.78 is 19.5. The maximum Gasteiger partial charge on any atom is 0.410 e. The number of anilines is 1. The Hall–Kier alpha value is -2.91. The van der Waals surface area contributed by atoms with Crippen LogP contribution in [0.25, 0.3) is 0 Å². The van der Waals surface area contributed by atoms with E-state index in [4.69, 9.17) is 4.74 Å². The van der Waals surface area contributed by atoms with Crippen molar-refractivity contribution in [1.29, 1.82) is 0 Å². The third kappa shape index (κ3) is 4.19. The van der Waals surface area contributed by atoms with E-state index in [9.17, 15) is 29.2 Å². The monoisotopic (exact) mass is 369 g/mol. The van der Waals surface area contributed by atoms with Crippen LogP contribution >= 0.6 is 0 Å². The largest absolute Gasteiger partial charge is 0.480 e. The minimum Gasteiger partial charge on any atom is -0.480 e. The van der Waals surface area contributed by atoms with Crippen molar-refractivity contribution in [2.45, 2.75) is 32.4 Å². The molecule has 0 bridgehead atoms. The summed E-state index contributed by atoms with van der Waals surface area (Å²) in [5, 5.41) is 20.7. The first-order valence-corrected chi connectivity index (χ1v) is 7.91. The molecule has 26 heavy (non-hydrogen) atoms. The van der Waals surface area contributed by atoms with E-state index < -0.39 is 45.8 Å². The van der Waals surface area contributed by atoms with Crippen LogP contribution in [0, 0.1) is 15.9 Å². The second-order valence-electron chi connectivity index (χ2n) is 6.84. The lowest BCUT2D eigenvalue weighted by molar-refractivity contribution is -0.384. The number of amides is 1. The Morgan fingerprint density at radius 2 is 2.00 bits per heavy atom. The first-order chi connectivity index (χ1) is 12.0. The van der Waals surface area contributed by atoms with Crippen LogP contribution in [0.4, 0.5) is 20.6 Å². The zero-order chi connectivity index (χ0) is 19.6. The van der Waals surface area contributed by atoms with Crippen molar-refractivity contribution >= 4 is 23.4 Å². The highest BCUT2D eigenvalue weighted by molar-refractivity contribution is 5.82. The van der Waals surface area contributed by atoms with E-state index in [0.717, 1.165) is 17.0 Å². The minimum atomic E-state index is -1.34. The van der Waals surface area contributed by atoms with Crippen molar-refractivity contribution < 1.29 is 28.7 Å². The molecule has 1 fully saturated rings. The van der Waals surface area contributed by atoms with Gasteiger partial charge in [0.1, 0.15) is 11.6 Å². The second-order valence-corrected chi connectivity index (χ2v) is 6.84. The Kier molecular flexibility index (Phi) is 5.33. The normalized spacial score (nSPS) is 17.8. The Morgan fingerprint density at radius 3 is 2.54 bits per heavy atom. The Morgan fingerprint density at radius 1 is 1.35 bits per heavy atom. The van der Waals surface area contributed by atoms with Crippen molar-refractivity contribution in [3.8, 4) is 0 Å². The molecule has 2 rings (SSSR count). The van der Waals surface area contributed by atoms with Gasteiger partial charge in [0.05, 0.1) is 11.5 Å². The molecule has 0 aliphatic carbocycles. The van der Waals surface area contributed by atoms with E-state index >= 15 is 0 Å². The molecule has 9 nitrogen and oxygen atoms in total. The highest BCUT2D eigenvalue weighted by Gasteiger charge is 2.39. The van der Waals surface area contributed by atoms with Crippen LogP contribution in [-0.4, -0.2) is 58.3 Å². The smallest absolute Gasteiger partial charge is 0.410 e. The van der Waals surface area contributed by atoms with Crippen molar-refractivity contribution in [2.24, 2.45) is 0 Å². The number of hydrogen-bond acceptors (Lipinski definition) is 6. The number of piperazine rings is 1. The molecule has 1 aliphatic rings. The average Bonchev–Trinajstić information content (AvgIpc) is 2.52. The molecule has 1 saturated heterocycles. The SMILES string of the molecule is CC(C)(C)OC(=O)N1CCN(c2c(F)cccc2[N+](=O)[O-])C(C(=O)O)C1. The van der Waals surface area contributed by atoms with Gasteiger partial charge in [-0.05, 0) is 26.8 Å². The van der Waals surface area contributed by atoms with Crippen LogP contribution < -0.4 is 4.90 Å². The number of aliphatic carboxylic acids is 1. The number of para-hydroxylation sites is 1. The third-order valence-electron chi connectivity index (χ3n) is 3.77. The van der Waals surface area contributed by atoms with Gasteiger partial charge in [-0.15, -0.1) is 0 Å². The summed E-state index contributed by atoms with van der Waals surface area (Å²) in [4.78, 5) is 36.6. The van der Waals surface area contributed by atoms with E-state index in [2.05, 4.69) is 0 Å². The van der Waals surface area contributed by atoms with Crippen molar-refractivity contribution in [3.05, 3.63) is 34.1 Å². The van der Waals surface area contributed by atoms with E-state index in [1.165, 1.54) is 11.0 Å². The van der Waals surface area contributed by atoms with Crippen LogP contribution in [0.2, 0.25) is 0 Å². The number of carbonyl (C=O) groups is 2. The number of carboxylic acid groups (broad SMARTS) is 1. The molecule has 1 aliphatic heterocycles. The van der Waals surface area contributed by atoms with Gasteiger partial charge in [-0.2, -0.15) is 0 Å². The van der Waals surface area contributed by atoms with E-state index in [1.807, 2.05) is 0 Å². The molecule has 0 spiro atoms. The number of benzene rings is 1. The zero-order valence-corrected chi connectivity index (χ0v) is 14.6. The van der Waals surface area contributed by atoms with Crippen molar-refractivity contribution in [3.63, 3.8) is 0 Å². The Balaban J connectivity index is 2.32. The predicted molar refractivity (Wildman–Crippen MR) is 89.6 cm³/mol. The number of carboxylic acids is 1. The lowest BCUT2D eigenvalue weighted by Crippen LogP contribution is -2.58. The fraction of sp³-hybridized carbons (Fsp3) is 0.500. The van der Waals surface area contributed by atoms with Gasteiger partial charge >= 0.3 is 12.1 Å². The van der Waals surface area contributed by atoms with Gasteiger partial charge in [0.15, 0.2) is 11.5 Å². The number of ether oxygens (including phenoxy) is 1. The molecule has 1 amide bonds. The number of rotatable bonds is 3. The third-order valence-corrected chi connectivity index (χ3v) is 3.77. The maximum atomic E-state index is 14.3. The number of nitro benzene ring substituents is 1. The fourth-order valence-corrected chi connectivity index (χ4v) is 2.69. The van der Waals surface area contributed by atoms with Crippen molar-refractivity contribution in [1.82, 2.24) is 4.90 Å². The molecule has 1 unspecified atom stereocenters. The predicted octanol–water partition coefficient (Wildman–Crippen LogP) is 2.24. The standard InChI is InChI=1S/C16H20FN3O6/c1-16(2,3)26-15(23)18-7-8-19(12(9-18)14(21)22)13-10(17)5-4-6-11(13)20(24)25/h4-6,12H,7-9H2,1-3H3,(H,21,22). The van der Waals surface area contributed by atoms with E-state index in [-0.39, 0.29) is 19.6 Å². The Bertz CT molecular complexity index is 733. The van der Waals surface area contributed by atoms with Crippen LogP contribution in [0.5, 0.6) is 0 Å². The number of nitro groups is 1. The Labute approximate surface area is 149 Å². The number of hydrogen-bond donors (Lipinski definition) is 1. The van der Waals surface area contributed by atoms with Gasteiger partial charge in [-0.25, -0.2) is 14.0 Å². The van der Waals surface area contributed by atoms with Crippen LogP contribution in [0.1, 0.15) is 20.8 Å². The number of halogens is 1. The number of carbonyl (C=O) groups excluding carboxylic acids is 1. The molecule has 0 radical (unpaired) electrons. The summed E-state index contributed by atoms with van der Waals surface area (Å²) in [6, 6.07) is 1.98. The maximum absolute atomic E-state index is 14.3. The van der Waals surface area contributed by atoms with Crippen LogP contribution in [-0.2, 0) is 9.53 Å². The molecule has 1 N–H and O–H groups in total. The molecule has 10 heteroatoms. The van der Waals surface area contributed by atoms with Crippen LogP contribution in [0.15, 0.2) is 18.2 Å². The molecule has 0 saturated carbocycles. The van der Waals surface area contributed by atoms with Crippen LogP contribution in [0.3, 0.4) is 0 Å². The summed E-state index contributed by atoms with van der Waals surface area (Å²) in [5.41, 5.74) is -1.67. The summed E-state index contributed by atoms with van der Waals surface area (Å²) in [5.74, 6) is -2.22.